The fraction of sp³-hybridized carbons (Fsp3) is 0.174. The molecule has 138 valence electrons. The number of hydrogen-bond acceptors (Lipinski definition) is 4. The second kappa shape index (κ2) is 8.52. The van der Waals surface area contributed by atoms with Gasteiger partial charge in [-0.05, 0) is 49.9 Å². The second-order valence-electron chi connectivity index (χ2n) is 6.68. The van der Waals surface area contributed by atoms with Crippen LogP contribution in [-0.4, -0.2) is 29.4 Å². The molecule has 0 heterocycles. The summed E-state index contributed by atoms with van der Waals surface area (Å²) in [5.74, 6) is 0.864. The van der Waals surface area contributed by atoms with Gasteiger partial charge in [-0.2, -0.15) is 0 Å². The number of carbonyl (C=O) groups is 1. The van der Waals surface area contributed by atoms with Crippen LogP contribution in [0.15, 0.2) is 72.8 Å². The quantitative estimate of drug-likeness (QED) is 0.614. The maximum atomic E-state index is 12.5. The summed E-state index contributed by atoms with van der Waals surface area (Å²) in [6.07, 6.45) is 0. The lowest BCUT2D eigenvalue weighted by Crippen LogP contribution is -2.25. The first-order valence-corrected chi connectivity index (χ1v) is 8.84. The first-order valence-electron chi connectivity index (χ1n) is 8.84. The van der Waals surface area contributed by atoms with E-state index in [1.165, 1.54) is 6.07 Å². The predicted molar refractivity (Wildman–Crippen MR) is 106 cm³/mol. The predicted octanol–water partition coefficient (Wildman–Crippen LogP) is 4.81. The fourth-order valence-electron chi connectivity index (χ4n) is 2.80. The number of benzene rings is 3. The van der Waals surface area contributed by atoms with E-state index in [-0.39, 0.29) is 18.1 Å². The molecule has 0 radical (unpaired) electrons. The Hall–Kier alpha value is -3.11. The van der Waals surface area contributed by atoms with Crippen molar-refractivity contribution in [3.8, 4) is 17.2 Å². The van der Waals surface area contributed by atoms with E-state index in [2.05, 4.69) is 0 Å². The first kappa shape index (κ1) is 18.7. The molecule has 3 aromatic rings. The Morgan fingerprint density at radius 1 is 1.00 bits per heavy atom. The molecule has 0 spiro atoms. The SMILES string of the molecule is Cc1ccc(Oc2ccc(C(=O)CN(C)Cc3ccccc3)cc2O)cc1. The van der Waals surface area contributed by atoms with Crippen LogP contribution in [0.4, 0.5) is 0 Å². The largest absolute Gasteiger partial charge is 0.504 e. The number of ether oxygens (including phenoxy) is 1. The van der Waals surface area contributed by atoms with E-state index >= 15 is 0 Å². The number of Topliss-reactive ketones (excluding diaryl/α,β-unsaturated/α-hetero) is 1. The molecule has 0 atom stereocenters. The Morgan fingerprint density at radius 3 is 2.37 bits per heavy atom. The third kappa shape index (κ3) is 5.19. The maximum Gasteiger partial charge on any atom is 0.176 e. The van der Waals surface area contributed by atoms with Gasteiger partial charge in [-0.3, -0.25) is 9.69 Å². The number of phenols is 1. The van der Waals surface area contributed by atoms with E-state index in [9.17, 15) is 9.90 Å². The van der Waals surface area contributed by atoms with Crippen molar-refractivity contribution in [3.05, 3.63) is 89.5 Å². The molecule has 3 rings (SSSR count). The van der Waals surface area contributed by atoms with E-state index in [1.807, 2.05) is 73.5 Å². The normalized spacial score (nSPS) is 10.8. The minimum Gasteiger partial charge on any atom is -0.504 e. The number of hydrogen-bond donors (Lipinski definition) is 1. The van der Waals surface area contributed by atoms with Crippen molar-refractivity contribution in [3.63, 3.8) is 0 Å². The fourth-order valence-corrected chi connectivity index (χ4v) is 2.80. The molecule has 4 heteroatoms. The van der Waals surface area contributed by atoms with E-state index in [0.717, 1.165) is 11.1 Å². The van der Waals surface area contributed by atoms with Crippen molar-refractivity contribution in [2.24, 2.45) is 0 Å². The average Bonchev–Trinajstić information content (AvgIpc) is 2.65. The van der Waals surface area contributed by atoms with Crippen LogP contribution in [0.2, 0.25) is 0 Å². The van der Waals surface area contributed by atoms with Crippen LogP contribution in [0.1, 0.15) is 21.5 Å². The van der Waals surface area contributed by atoms with Gasteiger partial charge in [0.1, 0.15) is 5.75 Å². The molecule has 0 bridgehead atoms. The van der Waals surface area contributed by atoms with Gasteiger partial charge in [0, 0.05) is 12.1 Å². The van der Waals surface area contributed by atoms with Gasteiger partial charge >= 0.3 is 0 Å². The number of ketones is 1. The summed E-state index contributed by atoms with van der Waals surface area (Å²) in [6, 6.07) is 22.3. The van der Waals surface area contributed by atoms with E-state index in [4.69, 9.17) is 4.74 Å². The van der Waals surface area contributed by atoms with Crippen molar-refractivity contribution in [1.29, 1.82) is 0 Å². The molecule has 4 nitrogen and oxygen atoms in total. The van der Waals surface area contributed by atoms with Crippen LogP contribution in [-0.2, 0) is 6.54 Å². The Kier molecular flexibility index (Phi) is 5.89. The molecule has 0 aromatic heterocycles. The van der Waals surface area contributed by atoms with Gasteiger partial charge in [-0.25, -0.2) is 0 Å². The highest BCUT2D eigenvalue weighted by atomic mass is 16.5. The Morgan fingerprint density at radius 2 is 1.70 bits per heavy atom. The maximum absolute atomic E-state index is 12.5. The Balaban J connectivity index is 1.63. The topological polar surface area (TPSA) is 49.8 Å². The Bertz CT molecular complexity index is 905. The van der Waals surface area contributed by atoms with Crippen LogP contribution >= 0.6 is 0 Å². The Labute approximate surface area is 159 Å². The van der Waals surface area contributed by atoms with Gasteiger partial charge in [0.05, 0.1) is 6.54 Å². The van der Waals surface area contributed by atoms with Crippen LogP contribution < -0.4 is 4.74 Å². The summed E-state index contributed by atoms with van der Waals surface area (Å²) in [7, 11) is 1.90. The van der Waals surface area contributed by atoms with Gasteiger partial charge in [-0.15, -0.1) is 0 Å². The minimum atomic E-state index is -0.0504. The van der Waals surface area contributed by atoms with Crippen molar-refractivity contribution in [1.82, 2.24) is 4.90 Å². The summed E-state index contributed by atoms with van der Waals surface area (Å²) in [6.45, 7) is 2.95. The van der Waals surface area contributed by atoms with E-state index < -0.39 is 0 Å². The van der Waals surface area contributed by atoms with Crippen LogP contribution in [0.5, 0.6) is 17.2 Å². The van der Waals surface area contributed by atoms with Crippen molar-refractivity contribution < 1.29 is 14.6 Å². The molecule has 0 saturated heterocycles. The minimum absolute atomic E-state index is 0.0489. The molecule has 0 aliphatic rings. The third-order valence-electron chi connectivity index (χ3n) is 4.24. The van der Waals surface area contributed by atoms with Crippen molar-refractivity contribution in [2.45, 2.75) is 13.5 Å². The molecule has 0 unspecified atom stereocenters. The highest BCUT2D eigenvalue weighted by Crippen LogP contribution is 2.31. The summed E-state index contributed by atoms with van der Waals surface area (Å²) in [5.41, 5.74) is 2.74. The molecule has 0 fully saturated rings. The lowest BCUT2D eigenvalue weighted by molar-refractivity contribution is 0.0942. The highest BCUT2D eigenvalue weighted by molar-refractivity contribution is 5.98. The number of nitrogens with zero attached hydrogens (tertiary/aromatic N) is 1. The molecule has 0 aliphatic carbocycles. The number of carbonyl (C=O) groups excluding carboxylic acids is 1. The van der Waals surface area contributed by atoms with Gasteiger partial charge in [0.2, 0.25) is 0 Å². The van der Waals surface area contributed by atoms with Gasteiger partial charge in [-0.1, -0.05) is 48.0 Å². The number of rotatable bonds is 7. The lowest BCUT2D eigenvalue weighted by atomic mass is 10.1. The highest BCUT2D eigenvalue weighted by Gasteiger charge is 2.13. The smallest absolute Gasteiger partial charge is 0.176 e. The van der Waals surface area contributed by atoms with Gasteiger partial charge in [0.15, 0.2) is 17.3 Å². The van der Waals surface area contributed by atoms with E-state index in [0.29, 0.717) is 23.6 Å². The number of aromatic hydroxyl groups is 1. The second-order valence-corrected chi connectivity index (χ2v) is 6.68. The zero-order valence-electron chi connectivity index (χ0n) is 15.6. The zero-order valence-corrected chi connectivity index (χ0v) is 15.6. The summed E-state index contributed by atoms with van der Waals surface area (Å²) in [5, 5.41) is 10.2. The molecule has 0 aliphatic heterocycles. The molecule has 0 amide bonds. The third-order valence-corrected chi connectivity index (χ3v) is 4.24. The average molecular weight is 361 g/mol. The molecule has 27 heavy (non-hydrogen) atoms. The molecule has 0 saturated carbocycles. The molecule has 1 N–H and O–H groups in total. The van der Waals surface area contributed by atoms with Crippen LogP contribution in [0.25, 0.3) is 0 Å². The summed E-state index contributed by atoms with van der Waals surface area (Å²) in [4.78, 5) is 14.5. The summed E-state index contributed by atoms with van der Waals surface area (Å²) >= 11 is 0. The number of aryl methyl sites for hydroxylation is 1. The lowest BCUT2D eigenvalue weighted by Gasteiger charge is -2.16. The first-order chi connectivity index (χ1) is 13.0. The van der Waals surface area contributed by atoms with Gasteiger partial charge < -0.3 is 9.84 Å². The number of likely N-dealkylation sites (N-methyl/N-ethyl adjacent to an activating group) is 1. The van der Waals surface area contributed by atoms with Crippen molar-refractivity contribution >= 4 is 5.78 Å². The van der Waals surface area contributed by atoms with Gasteiger partial charge in [0.25, 0.3) is 0 Å². The standard InChI is InChI=1S/C23H23NO3/c1-17-8-11-20(12-9-17)27-23-13-10-19(14-21(23)25)22(26)16-24(2)15-18-6-4-3-5-7-18/h3-14,25H,15-16H2,1-2H3. The van der Waals surface area contributed by atoms with E-state index in [1.54, 1.807) is 12.1 Å². The van der Waals surface area contributed by atoms with Crippen LogP contribution in [0.3, 0.4) is 0 Å². The molecular weight excluding hydrogens is 338 g/mol. The molecule has 3 aromatic carbocycles. The van der Waals surface area contributed by atoms with Crippen molar-refractivity contribution in [2.75, 3.05) is 13.6 Å². The summed E-state index contributed by atoms with van der Waals surface area (Å²) < 4.78 is 5.69. The number of phenolic OH excluding ortho intramolecular Hbond substituents is 1. The zero-order chi connectivity index (χ0) is 19.2. The van der Waals surface area contributed by atoms with Crippen LogP contribution in [0, 0.1) is 6.92 Å². The monoisotopic (exact) mass is 361 g/mol. The molecular formula is C23H23NO3.